The molecule has 0 amide bonds. The molecule has 1 heterocycles. The highest BCUT2D eigenvalue weighted by Gasteiger charge is 2.27. The molecule has 0 aromatic carbocycles. The van der Waals surface area contributed by atoms with Gasteiger partial charge in [0, 0.05) is 17.2 Å². The molecule has 1 aliphatic carbocycles. The van der Waals surface area contributed by atoms with Crippen LogP contribution in [-0.4, -0.2) is 25.2 Å². The Morgan fingerprint density at radius 1 is 1.36 bits per heavy atom. The van der Waals surface area contributed by atoms with Crippen molar-refractivity contribution >= 4 is 34.7 Å². The number of carbonyl (C=O) groups is 1. The summed E-state index contributed by atoms with van der Waals surface area (Å²) >= 11 is 12.3. The predicted molar refractivity (Wildman–Crippen MR) is 94.8 cm³/mol. The minimum absolute atomic E-state index is 0.0293. The third-order valence-corrected chi connectivity index (χ3v) is 4.54. The van der Waals surface area contributed by atoms with Gasteiger partial charge in [-0.15, -0.1) is 0 Å². The van der Waals surface area contributed by atoms with Crippen molar-refractivity contribution in [2.75, 3.05) is 14.2 Å². The molecule has 0 spiro atoms. The smallest absolute Gasteiger partial charge is 0.339 e. The quantitative estimate of drug-likeness (QED) is 0.628. The number of aromatic nitrogens is 1. The fourth-order valence-corrected chi connectivity index (χ4v) is 2.99. The third kappa shape index (κ3) is 3.80. The number of nitrogens with zero attached hydrogens (tertiary/aromatic N) is 1. The summed E-state index contributed by atoms with van der Waals surface area (Å²) in [4.78, 5) is 15.9. The number of hydrogen-bond donors (Lipinski definition) is 1. The highest BCUT2D eigenvalue weighted by atomic mass is 35.5. The monoisotopic (exact) mass is 386 g/mol. The average Bonchev–Trinajstić information content (AvgIpc) is 2.61. The zero-order chi connectivity index (χ0) is 18.7. The first-order valence-corrected chi connectivity index (χ1v) is 8.12. The molecule has 0 saturated carbocycles. The Morgan fingerprint density at radius 3 is 2.60 bits per heavy atom. The molecule has 8 heteroatoms. The van der Waals surface area contributed by atoms with Gasteiger partial charge in [-0.25, -0.2) is 14.2 Å². The average molecular weight is 387 g/mol. The topological polar surface area (TPSA) is 74.4 Å². The summed E-state index contributed by atoms with van der Waals surface area (Å²) in [5.41, 5.74) is 6.17. The van der Waals surface area contributed by atoms with E-state index in [0.29, 0.717) is 17.9 Å². The van der Waals surface area contributed by atoms with Crippen molar-refractivity contribution in [1.82, 2.24) is 4.98 Å². The number of carbonyl (C=O) groups excluding carboxylic acids is 1. The van der Waals surface area contributed by atoms with Crippen LogP contribution >= 0.6 is 23.2 Å². The van der Waals surface area contributed by atoms with Gasteiger partial charge in [-0.1, -0.05) is 36.2 Å². The van der Waals surface area contributed by atoms with Crippen LogP contribution in [0, 0.1) is 5.92 Å². The van der Waals surface area contributed by atoms with Gasteiger partial charge < -0.3 is 15.2 Å². The Bertz CT molecular complexity index is 803. The molecule has 0 aliphatic heterocycles. The number of nitrogens with two attached hydrogens (primary N) is 1. The lowest BCUT2D eigenvalue weighted by Crippen LogP contribution is -2.15. The molecule has 0 saturated heterocycles. The number of rotatable bonds is 3. The number of hydrogen-bond acceptors (Lipinski definition) is 5. The summed E-state index contributed by atoms with van der Waals surface area (Å²) in [6, 6.07) is 3.18. The van der Waals surface area contributed by atoms with Crippen molar-refractivity contribution in [3.05, 3.63) is 51.1 Å². The summed E-state index contributed by atoms with van der Waals surface area (Å²) in [6.45, 7) is 1.79. The van der Waals surface area contributed by atoms with Crippen LogP contribution in [0.2, 0.25) is 5.15 Å². The van der Waals surface area contributed by atoms with Crippen molar-refractivity contribution in [2.24, 2.45) is 11.7 Å². The van der Waals surface area contributed by atoms with Gasteiger partial charge in [0.05, 0.1) is 30.5 Å². The number of pyridine rings is 1. The Labute approximate surface area is 154 Å². The molecule has 5 nitrogen and oxygen atoms in total. The maximum atomic E-state index is 15.1. The lowest BCUT2D eigenvalue weighted by molar-refractivity contribution is -0.135. The molecular weight excluding hydrogens is 370 g/mol. The van der Waals surface area contributed by atoms with E-state index in [4.69, 9.17) is 33.7 Å². The van der Waals surface area contributed by atoms with Crippen LogP contribution in [0.25, 0.3) is 5.57 Å². The van der Waals surface area contributed by atoms with Gasteiger partial charge in [-0.2, -0.15) is 0 Å². The van der Waals surface area contributed by atoms with Gasteiger partial charge in [0.2, 0.25) is 5.88 Å². The maximum Gasteiger partial charge on any atom is 0.339 e. The Morgan fingerprint density at radius 2 is 2.04 bits per heavy atom. The first kappa shape index (κ1) is 19.3. The lowest BCUT2D eigenvalue weighted by atomic mass is 9.88. The maximum absolute atomic E-state index is 15.1. The first-order valence-electron chi connectivity index (χ1n) is 7.36. The van der Waals surface area contributed by atoms with Crippen molar-refractivity contribution in [3.63, 3.8) is 0 Å². The van der Waals surface area contributed by atoms with Crippen LogP contribution in [0.1, 0.15) is 18.9 Å². The normalized spacial score (nSPS) is 18.5. The van der Waals surface area contributed by atoms with Gasteiger partial charge in [-0.3, -0.25) is 0 Å². The van der Waals surface area contributed by atoms with E-state index in [1.807, 2.05) is 0 Å². The highest BCUT2D eigenvalue weighted by Crippen LogP contribution is 2.39. The van der Waals surface area contributed by atoms with Crippen molar-refractivity contribution < 1.29 is 18.7 Å². The molecule has 2 rings (SSSR count). The van der Waals surface area contributed by atoms with Crippen molar-refractivity contribution in [3.8, 4) is 5.88 Å². The molecular formula is C17H17Cl2FN2O3. The second-order valence-corrected chi connectivity index (χ2v) is 6.13. The van der Waals surface area contributed by atoms with Gasteiger partial charge in [0.1, 0.15) is 5.15 Å². The van der Waals surface area contributed by atoms with E-state index in [1.165, 1.54) is 14.2 Å². The summed E-state index contributed by atoms with van der Waals surface area (Å²) in [6.07, 6.45) is 1.90. The van der Waals surface area contributed by atoms with Crippen LogP contribution in [0.15, 0.2) is 40.3 Å². The number of ether oxygens (including phenoxy) is 2. The predicted octanol–water partition coefficient (Wildman–Crippen LogP) is 3.97. The SMILES string of the molecule is COC(=O)C1=CCC(C)C(c2ccc(OC)nc2Cl)=C(F)C(N)=C1Cl. The van der Waals surface area contributed by atoms with Crippen LogP contribution in [-0.2, 0) is 9.53 Å². The van der Waals surface area contributed by atoms with E-state index in [-0.39, 0.29) is 32.9 Å². The summed E-state index contributed by atoms with van der Waals surface area (Å²) in [5, 5.41) is -0.121. The van der Waals surface area contributed by atoms with Crippen LogP contribution < -0.4 is 10.5 Å². The van der Waals surface area contributed by atoms with Gasteiger partial charge in [0.25, 0.3) is 0 Å². The number of methoxy groups -OCH3 is 2. The zero-order valence-electron chi connectivity index (χ0n) is 13.9. The fourth-order valence-electron chi connectivity index (χ4n) is 2.50. The zero-order valence-corrected chi connectivity index (χ0v) is 15.4. The first-order chi connectivity index (χ1) is 11.8. The van der Waals surface area contributed by atoms with E-state index in [0.717, 1.165) is 0 Å². The molecule has 1 aromatic rings. The fraction of sp³-hybridized carbons (Fsp3) is 0.294. The van der Waals surface area contributed by atoms with Crippen LogP contribution in [0.5, 0.6) is 5.88 Å². The standard InChI is InChI=1S/C17H17Cl2FN2O3/c1-8-4-5-10(17(23)25-3)13(18)15(21)14(20)12(8)9-6-7-11(24-2)22-16(9)19/h5-8H,4,21H2,1-3H3. The lowest BCUT2D eigenvalue weighted by Gasteiger charge is -2.21. The molecule has 2 N–H and O–H groups in total. The molecule has 134 valence electrons. The number of esters is 1. The van der Waals surface area contributed by atoms with E-state index in [9.17, 15) is 4.79 Å². The van der Waals surface area contributed by atoms with Crippen molar-refractivity contribution in [1.29, 1.82) is 0 Å². The molecule has 1 unspecified atom stereocenters. The van der Waals surface area contributed by atoms with Crippen LogP contribution in [0.3, 0.4) is 0 Å². The van der Waals surface area contributed by atoms with Crippen molar-refractivity contribution in [2.45, 2.75) is 13.3 Å². The highest BCUT2D eigenvalue weighted by molar-refractivity contribution is 6.35. The second kappa shape index (κ2) is 7.89. The summed E-state index contributed by atoms with van der Waals surface area (Å²) in [7, 11) is 2.67. The second-order valence-electron chi connectivity index (χ2n) is 5.39. The van der Waals surface area contributed by atoms with Gasteiger partial charge in [-0.05, 0) is 18.4 Å². The van der Waals surface area contributed by atoms with Gasteiger partial charge in [0.15, 0.2) is 5.83 Å². The van der Waals surface area contributed by atoms with E-state index in [1.54, 1.807) is 25.1 Å². The molecule has 1 atom stereocenters. The molecule has 25 heavy (non-hydrogen) atoms. The van der Waals surface area contributed by atoms with E-state index < -0.39 is 11.8 Å². The number of halogens is 3. The molecule has 0 fully saturated rings. The molecule has 0 bridgehead atoms. The Balaban J connectivity index is 2.65. The molecule has 1 aliphatic rings. The summed E-state index contributed by atoms with van der Waals surface area (Å²) < 4.78 is 24.8. The minimum atomic E-state index is -0.749. The third-order valence-electron chi connectivity index (χ3n) is 3.84. The largest absolute Gasteiger partial charge is 0.481 e. The van der Waals surface area contributed by atoms with Gasteiger partial charge >= 0.3 is 5.97 Å². The molecule has 0 radical (unpaired) electrons. The molecule has 1 aromatic heterocycles. The summed E-state index contributed by atoms with van der Waals surface area (Å²) in [5.74, 6) is -1.46. The van der Waals surface area contributed by atoms with Crippen LogP contribution in [0.4, 0.5) is 4.39 Å². The minimum Gasteiger partial charge on any atom is -0.481 e. The number of allylic oxidation sites excluding steroid dienone is 3. The van der Waals surface area contributed by atoms with E-state index in [2.05, 4.69) is 9.72 Å². The Kier molecular flexibility index (Phi) is 6.08. The van der Waals surface area contributed by atoms with E-state index >= 15 is 4.39 Å². The Hall–Kier alpha value is -2.05.